The van der Waals surface area contributed by atoms with Crippen LogP contribution in [0.3, 0.4) is 0 Å². The van der Waals surface area contributed by atoms with Crippen LogP contribution in [0.1, 0.15) is 18.4 Å². The molecule has 0 spiro atoms. The molecular formula is C20H23N7O. The lowest BCUT2D eigenvalue weighted by Gasteiger charge is -2.32. The predicted octanol–water partition coefficient (Wildman–Crippen LogP) is 1.63. The molecule has 3 aromatic rings. The number of carbonyl (C=O) groups is 1. The van der Waals surface area contributed by atoms with E-state index in [1.807, 2.05) is 24.3 Å². The van der Waals surface area contributed by atoms with Crippen molar-refractivity contribution in [3.8, 4) is 5.82 Å². The van der Waals surface area contributed by atoms with Gasteiger partial charge >= 0.3 is 0 Å². The fourth-order valence-corrected chi connectivity index (χ4v) is 3.48. The van der Waals surface area contributed by atoms with Gasteiger partial charge in [0.05, 0.1) is 5.92 Å². The van der Waals surface area contributed by atoms with Crippen molar-refractivity contribution in [3.63, 3.8) is 0 Å². The Morgan fingerprint density at radius 1 is 1.14 bits per heavy atom. The minimum absolute atomic E-state index is 0.0330. The minimum Gasteiger partial charge on any atom is -0.356 e. The van der Waals surface area contributed by atoms with Gasteiger partial charge < -0.3 is 10.2 Å². The summed E-state index contributed by atoms with van der Waals surface area (Å²) in [6, 6.07) is 12.1. The molecule has 144 valence electrons. The lowest BCUT2D eigenvalue weighted by molar-refractivity contribution is -0.125. The number of aromatic nitrogens is 5. The largest absolute Gasteiger partial charge is 0.356 e. The molecule has 28 heavy (non-hydrogen) atoms. The third-order valence-electron chi connectivity index (χ3n) is 4.96. The molecule has 0 radical (unpaired) electrons. The van der Waals surface area contributed by atoms with Crippen LogP contribution in [0.25, 0.3) is 5.82 Å². The molecule has 3 heterocycles. The predicted molar refractivity (Wildman–Crippen MR) is 105 cm³/mol. The molecule has 0 saturated carbocycles. The van der Waals surface area contributed by atoms with Crippen LogP contribution >= 0.6 is 0 Å². The number of benzene rings is 1. The zero-order valence-corrected chi connectivity index (χ0v) is 15.6. The Balaban J connectivity index is 1.35. The summed E-state index contributed by atoms with van der Waals surface area (Å²) in [5, 5.41) is 7.19. The van der Waals surface area contributed by atoms with Crippen LogP contribution in [0.15, 0.2) is 55.4 Å². The number of hydrogen-bond donors (Lipinski definition) is 1. The van der Waals surface area contributed by atoms with E-state index in [4.69, 9.17) is 0 Å². The highest BCUT2D eigenvalue weighted by Crippen LogP contribution is 2.22. The quantitative estimate of drug-likeness (QED) is 0.702. The molecule has 1 aliphatic heterocycles. The molecule has 1 fully saturated rings. The summed E-state index contributed by atoms with van der Waals surface area (Å²) in [5.74, 6) is 1.56. The third kappa shape index (κ3) is 4.33. The number of amides is 1. The van der Waals surface area contributed by atoms with E-state index in [-0.39, 0.29) is 11.8 Å². The first-order valence-corrected chi connectivity index (χ1v) is 9.53. The second-order valence-corrected chi connectivity index (χ2v) is 6.89. The van der Waals surface area contributed by atoms with E-state index in [9.17, 15) is 4.79 Å². The van der Waals surface area contributed by atoms with Gasteiger partial charge in [-0.3, -0.25) is 4.79 Å². The highest BCUT2D eigenvalue weighted by atomic mass is 16.1. The summed E-state index contributed by atoms with van der Waals surface area (Å²) in [7, 11) is 0. The summed E-state index contributed by atoms with van der Waals surface area (Å²) >= 11 is 0. The van der Waals surface area contributed by atoms with Gasteiger partial charge in [-0.1, -0.05) is 30.3 Å². The molecule has 0 aliphatic carbocycles. The van der Waals surface area contributed by atoms with Crippen molar-refractivity contribution in [1.29, 1.82) is 0 Å². The molecule has 1 aliphatic rings. The molecule has 8 heteroatoms. The van der Waals surface area contributed by atoms with Crippen LogP contribution in [-0.4, -0.2) is 50.3 Å². The standard InChI is InChI=1S/C20H23N7O/c28-20(22-9-8-16-5-2-1-3-6-16)17-7-4-10-26(12-17)18-11-19(24-14-23-18)27-15-21-13-25-27/h1-3,5-6,11,13-15,17H,4,7-10,12H2,(H,22,28). The van der Waals surface area contributed by atoms with Crippen LogP contribution in [0.2, 0.25) is 0 Å². The molecular weight excluding hydrogens is 354 g/mol. The fourth-order valence-electron chi connectivity index (χ4n) is 3.48. The van der Waals surface area contributed by atoms with Gasteiger partial charge in [-0.25, -0.2) is 19.6 Å². The van der Waals surface area contributed by atoms with E-state index in [2.05, 4.69) is 42.4 Å². The first-order chi connectivity index (χ1) is 13.8. The van der Waals surface area contributed by atoms with Crippen LogP contribution in [0.4, 0.5) is 5.82 Å². The average molecular weight is 377 g/mol. The highest BCUT2D eigenvalue weighted by molar-refractivity contribution is 5.79. The molecule has 1 N–H and O–H groups in total. The Labute approximate surface area is 163 Å². The van der Waals surface area contributed by atoms with Crippen molar-refractivity contribution in [2.45, 2.75) is 19.3 Å². The maximum atomic E-state index is 12.6. The Bertz CT molecular complexity index is 898. The smallest absolute Gasteiger partial charge is 0.224 e. The minimum atomic E-state index is -0.0330. The highest BCUT2D eigenvalue weighted by Gasteiger charge is 2.26. The zero-order valence-electron chi connectivity index (χ0n) is 15.6. The van der Waals surface area contributed by atoms with E-state index in [1.54, 1.807) is 11.0 Å². The summed E-state index contributed by atoms with van der Waals surface area (Å²) in [5.41, 5.74) is 1.23. The number of nitrogens with zero attached hydrogens (tertiary/aromatic N) is 6. The van der Waals surface area contributed by atoms with Crippen LogP contribution < -0.4 is 10.2 Å². The molecule has 4 rings (SSSR count). The Morgan fingerprint density at radius 2 is 2.00 bits per heavy atom. The SMILES string of the molecule is O=C(NCCc1ccccc1)C1CCCN(c2cc(-n3cncn3)ncn2)C1. The molecule has 8 nitrogen and oxygen atoms in total. The zero-order chi connectivity index (χ0) is 19.2. The molecule has 1 atom stereocenters. The van der Waals surface area contributed by atoms with E-state index in [0.717, 1.165) is 31.6 Å². The molecule has 1 amide bonds. The van der Waals surface area contributed by atoms with Gasteiger partial charge in [0.25, 0.3) is 0 Å². The summed E-state index contributed by atoms with van der Waals surface area (Å²) in [6.45, 7) is 2.19. The van der Waals surface area contributed by atoms with Gasteiger partial charge in [-0.2, -0.15) is 5.10 Å². The third-order valence-corrected chi connectivity index (χ3v) is 4.96. The van der Waals surface area contributed by atoms with Crippen molar-refractivity contribution in [1.82, 2.24) is 30.0 Å². The van der Waals surface area contributed by atoms with Gasteiger partial charge in [0.15, 0.2) is 5.82 Å². The summed E-state index contributed by atoms with van der Waals surface area (Å²) in [4.78, 5) is 27.4. The second kappa shape index (κ2) is 8.60. The number of rotatable bonds is 6. The second-order valence-electron chi connectivity index (χ2n) is 6.89. The van der Waals surface area contributed by atoms with Crippen molar-refractivity contribution in [2.24, 2.45) is 5.92 Å². The maximum absolute atomic E-state index is 12.6. The van der Waals surface area contributed by atoms with Gasteiger partial charge in [0.1, 0.15) is 24.8 Å². The van der Waals surface area contributed by atoms with Crippen LogP contribution in [-0.2, 0) is 11.2 Å². The Morgan fingerprint density at radius 3 is 2.82 bits per heavy atom. The molecule has 1 unspecified atom stereocenters. The monoisotopic (exact) mass is 377 g/mol. The van der Waals surface area contributed by atoms with Crippen molar-refractivity contribution in [2.75, 3.05) is 24.5 Å². The molecule has 2 aromatic heterocycles. The first-order valence-electron chi connectivity index (χ1n) is 9.53. The first kappa shape index (κ1) is 18.1. The van der Waals surface area contributed by atoms with E-state index in [1.165, 1.54) is 18.2 Å². The molecule has 0 bridgehead atoms. The van der Waals surface area contributed by atoms with Crippen LogP contribution in [0, 0.1) is 5.92 Å². The normalized spacial score (nSPS) is 16.7. The van der Waals surface area contributed by atoms with E-state index >= 15 is 0 Å². The van der Waals surface area contributed by atoms with Crippen molar-refractivity contribution < 1.29 is 4.79 Å². The van der Waals surface area contributed by atoms with Crippen molar-refractivity contribution in [3.05, 3.63) is 60.9 Å². The van der Waals surface area contributed by atoms with Crippen LogP contribution in [0.5, 0.6) is 0 Å². The lowest BCUT2D eigenvalue weighted by atomic mass is 9.97. The number of nitrogens with one attached hydrogen (secondary N) is 1. The lowest BCUT2D eigenvalue weighted by Crippen LogP contribution is -2.43. The van der Waals surface area contributed by atoms with E-state index in [0.29, 0.717) is 18.9 Å². The van der Waals surface area contributed by atoms with E-state index < -0.39 is 0 Å². The van der Waals surface area contributed by atoms with Gasteiger partial charge in [-0.05, 0) is 24.8 Å². The van der Waals surface area contributed by atoms with Gasteiger partial charge in [0.2, 0.25) is 5.91 Å². The molecule has 1 aromatic carbocycles. The average Bonchev–Trinajstić information content (AvgIpc) is 3.30. The number of carbonyl (C=O) groups excluding carboxylic acids is 1. The number of piperidine rings is 1. The maximum Gasteiger partial charge on any atom is 0.224 e. The Hall–Kier alpha value is -3.29. The Kier molecular flexibility index (Phi) is 5.56. The number of anilines is 1. The number of hydrogen-bond acceptors (Lipinski definition) is 6. The summed E-state index contributed by atoms with van der Waals surface area (Å²) in [6.07, 6.45) is 7.30. The summed E-state index contributed by atoms with van der Waals surface area (Å²) < 4.78 is 1.60. The van der Waals surface area contributed by atoms with Gasteiger partial charge in [0, 0.05) is 25.7 Å². The molecule has 1 saturated heterocycles. The van der Waals surface area contributed by atoms with Crippen molar-refractivity contribution >= 4 is 11.7 Å². The fraction of sp³-hybridized carbons (Fsp3) is 0.350. The topological polar surface area (TPSA) is 88.8 Å². The van der Waals surface area contributed by atoms with Gasteiger partial charge in [-0.15, -0.1) is 0 Å².